The lowest BCUT2D eigenvalue weighted by atomic mass is 9.80. The summed E-state index contributed by atoms with van der Waals surface area (Å²) < 4.78 is 0. The van der Waals surface area contributed by atoms with Gasteiger partial charge in [0.1, 0.15) is 0 Å². The van der Waals surface area contributed by atoms with Gasteiger partial charge in [-0.1, -0.05) is 25.0 Å². The lowest BCUT2D eigenvalue weighted by Gasteiger charge is -2.65. The van der Waals surface area contributed by atoms with Gasteiger partial charge in [-0.3, -0.25) is 9.16 Å². The minimum absolute atomic E-state index is 1.00. The molecule has 90 valence electrons. The van der Waals surface area contributed by atoms with Crippen LogP contribution in [0.4, 0.5) is 0 Å². The van der Waals surface area contributed by atoms with Crippen molar-refractivity contribution in [2.24, 2.45) is 5.92 Å². The summed E-state index contributed by atoms with van der Waals surface area (Å²) in [6.07, 6.45) is 14.9. The van der Waals surface area contributed by atoms with Crippen molar-refractivity contribution >= 4 is 9.16 Å². The third kappa shape index (κ3) is 2.43. The molecule has 2 aliphatic rings. The predicted octanol–water partition coefficient (Wildman–Crippen LogP) is 3.86. The molecule has 2 rings (SSSR count). The number of allylic oxidation sites excluding steroid dienone is 2. The highest BCUT2D eigenvalue weighted by atomic mass is 32.3. The fourth-order valence-corrected chi connectivity index (χ4v) is 7.59. The molecule has 0 N–H and O–H groups in total. The molecule has 0 bridgehead atoms. The quantitative estimate of drug-likeness (QED) is 0.548. The minimum Gasteiger partial charge on any atom is -0.287 e. The summed E-state index contributed by atoms with van der Waals surface area (Å²) in [5.74, 6) is 5.76. The largest absolute Gasteiger partial charge is 0.287 e. The first-order valence-corrected chi connectivity index (χ1v) is 10.4. The van der Waals surface area contributed by atoms with Crippen LogP contribution >= 0.6 is 9.16 Å². The Bertz CT molecular complexity index is 267. The molecule has 15 heavy (non-hydrogen) atoms. The Labute approximate surface area is 95.8 Å². The van der Waals surface area contributed by atoms with Gasteiger partial charge in [0, 0.05) is 0 Å². The number of thiol groups is 1. The van der Waals surface area contributed by atoms with E-state index in [1.165, 1.54) is 32.1 Å². The summed E-state index contributed by atoms with van der Waals surface area (Å²) in [4.78, 5) is 0. The first kappa shape index (κ1) is 11.6. The molecular weight excluding hydrogens is 200 g/mol. The number of rotatable bonds is 4. The van der Waals surface area contributed by atoms with Crippen molar-refractivity contribution in [3.05, 3.63) is 11.6 Å². The van der Waals surface area contributed by atoms with Crippen molar-refractivity contribution in [3.63, 3.8) is 0 Å². The van der Waals surface area contributed by atoms with Crippen molar-refractivity contribution < 1.29 is 0 Å². The Morgan fingerprint density at radius 2 is 2.07 bits per heavy atom. The molecule has 1 unspecified atom stereocenters. The van der Waals surface area contributed by atoms with Gasteiger partial charge in [0.2, 0.25) is 0 Å². The molecule has 2 fully saturated rings. The van der Waals surface area contributed by atoms with Gasteiger partial charge < -0.3 is 0 Å². The summed E-state index contributed by atoms with van der Waals surface area (Å²) in [6, 6.07) is 0. The number of hydrogen-bond donors (Lipinski definition) is 1. The normalized spacial score (nSPS) is 37.4. The van der Waals surface area contributed by atoms with Gasteiger partial charge >= 0.3 is 0 Å². The molecular formula is C14H28S. The monoisotopic (exact) mass is 228 g/mol. The van der Waals surface area contributed by atoms with Crippen molar-refractivity contribution in [1.82, 2.24) is 0 Å². The summed E-state index contributed by atoms with van der Waals surface area (Å²) in [7, 11) is -1.11. The second-order valence-electron chi connectivity index (χ2n) is 6.80. The molecule has 0 aromatic heterocycles. The molecule has 0 aromatic rings. The molecule has 1 heteroatoms. The van der Waals surface area contributed by atoms with Crippen LogP contribution in [0.5, 0.6) is 0 Å². The van der Waals surface area contributed by atoms with E-state index in [4.69, 9.17) is 0 Å². The fraction of sp³-hybridized carbons (Fsp3) is 0.857. The SMILES string of the molecule is CCC/C=C1\CCC1C[SH]1(C)(C)CCC1. The molecule has 0 aromatic carbocycles. The topological polar surface area (TPSA) is 0 Å². The molecule has 1 saturated heterocycles. The summed E-state index contributed by atoms with van der Waals surface area (Å²) in [6.45, 7) is 2.29. The van der Waals surface area contributed by atoms with Crippen LogP contribution in [0.2, 0.25) is 0 Å². The van der Waals surface area contributed by atoms with Crippen molar-refractivity contribution in [2.45, 2.75) is 39.0 Å². The van der Waals surface area contributed by atoms with Gasteiger partial charge in [0.15, 0.2) is 0 Å². The molecule has 0 nitrogen and oxygen atoms in total. The van der Waals surface area contributed by atoms with Crippen LogP contribution in [0, 0.1) is 5.92 Å². The van der Waals surface area contributed by atoms with E-state index in [1.807, 2.05) is 5.57 Å². The van der Waals surface area contributed by atoms with Gasteiger partial charge in [-0.25, -0.2) is 0 Å². The van der Waals surface area contributed by atoms with Crippen LogP contribution in [0.15, 0.2) is 11.6 Å². The van der Waals surface area contributed by atoms with Gasteiger partial charge in [0.25, 0.3) is 0 Å². The van der Waals surface area contributed by atoms with Crippen LogP contribution in [0.25, 0.3) is 0 Å². The van der Waals surface area contributed by atoms with E-state index in [0.717, 1.165) is 5.92 Å². The lowest BCUT2D eigenvalue weighted by Crippen LogP contribution is -2.40. The van der Waals surface area contributed by atoms with E-state index in [0.29, 0.717) is 0 Å². The Morgan fingerprint density at radius 1 is 1.33 bits per heavy atom. The number of unbranched alkanes of at least 4 members (excludes halogenated alkanes) is 1. The summed E-state index contributed by atoms with van der Waals surface area (Å²) in [5, 5.41) is 0. The second kappa shape index (κ2) is 3.84. The van der Waals surface area contributed by atoms with E-state index in [2.05, 4.69) is 25.5 Å². The summed E-state index contributed by atoms with van der Waals surface area (Å²) >= 11 is 0. The zero-order chi connectivity index (χ0) is 11.0. The molecule has 1 aliphatic heterocycles. The molecule has 0 amide bonds. The van der Waals surface area contributed by atoms with E-state index in [9.17, 15) is 0 Å². The highest BCUT2D eigenvalue weighted by molar-refractivity contribution is 8.49. The minimum atomic E-state index is -1.11. The highest BCUT2D eigenvalue weighted by Gasteiger charge is 2.42. The molecule has 1 saturated carbocycles. The zero-order valence-electron chi connectivity index (χ0n) is 10.8. The standard InChI is InChI=1S/C14H28S/c1-4-5-7-13-8-9-14(13)12-15(2,3)10-6-11-15/h7,14-15H,4-6,8-12H2,1-3H3/b13-7+. The van der Waals surface area contributed by atoms with Crippen LogP contribution in [0.1, 0.15) is 39.0 Å². The van der Waals surface area contributed by atoms with Crippen molar-refractivity contribution in [2.75, 3.05) is 29.8 Å². The van der Waals surface area contributed by atoms with Gasteiger partial charge in [-0.15, -0.1) is 0 Å². The maximum Gasteiger partial charge on any atom is -0.0137 e. The molecule has 1 heterocycles. The van der Waals surface area contributed by atoms with Gasteiger partial charge in [-0.2, -0.15) is 0 Å². The van der Waals surface area contributed by atoms with E-state index >= 15 is 0 Å². The van der Waals surface area contributed by atoms with Gasteiger partial charge in [0.05, 0.1) is 0 Å². The third-order valence-electron chi connectivity index (χ3n) is 4.69. The van der Waals surface area contributed by atoms with E-state index in [1.54, 1.807) is 17.3 Å². The van der Waals surface area contributed by atoms with Gasteiger partial charge in [-0.05, 0) is 61.4 Å². The maximum atomic E-state index is 2.64. The molecule has 1 aliphatic carbocycles. The van der Waals surface area contributed by atoms with Crippen LogP contribution in [0.3, 0.4) is 0 Å². The Kier molecular flexibility index (Phi) is 2.96. The third-order valence-corrected chi connectivity index (χ3v) is 10.1. The van der Waals surface area contributed by atoms with E-state index in [-0.39, 0.29) is 0 Å². The first-order valence-electron chi connectivity index (χ1n) is 6.71. The second-order valence-corrected chi connectivity index (χ2v) is 14.1. The predicted molar refractivity (Wildman–Crippen MR) is 75.8 cm³/mol. The Hall–Kier alpha value is 0.0900. The Morgan fingerprint density at radius 3 is 2.47 bits per heavy atom. The zero-order valence-corrected chi connectivity index (χ0v) is 11.7. The first-order chi connectivity index (χ1) is 7.02. The number of hydrogen-bond acceptors (Lipinski definition) is 0. The lowest BCUT2D eigenvalue weighted by molar-refractivity contribution is 0.482. The summed E-state index contributed by atoms with van der Waals surface area (Å²) in [5.41, 5.74) is 1.82. The molecule has 0 radical (unpaired) electrons. The Balaban J connectivity index is 1.90. The smallest absolute Gasteiger partial charge is 0.0137 e. The molecule has 1 atom stereocenters. The van der Waals surface area contributed by atoms with E-state index < -0.39 is 9.16 Å². The highest BCUT2D eigenvalue weighted by Crippen LogP contribution is 2.72. The average molecular weight is 228 g/mol. The fourth-order valence-electron chi connectivity index (χ4n) is 3.27. The average Bonchev–Trinajstić information content (AvgIpc) is 2.12. The van der Waals surface area contributed by atoms with Crippen molar-refractivity contribution in [1.29, 1.82) is 0 Å². The van der Waals surface area contributed by atoms with Crippen molar-refractivity contribution in [3.8, 4) is 0 Å². The maximum absolute atomic E-state index is 2.64. The van der Waals surface area contributed by atoms with Crippen LogP contribution < -0.4 is 0 Å². The molecule has 0 spiro atoms. The van der Waals surface area contributed by atoms with Crippen LogP contribution in [-0.2, 0) is 0 Å². The van der Waals surface area contributed by atoms with Crippen LogP contribution in [-0.4, -0.2) is 29.8 Å².